The number of likely N-dealkylation sites (N-methyl/N-ethyl adjacent to an activating group) is 1. The molecule has 0 fully saturated rings. The number of nitrogens with one attached hydrogen (secondary N) is 1. The van der Waals surface area contributed by atoms with Crippen molar-refractivity contribution in [3.63, 3.8) is 0 Å². The lowest BCUT2D eigenvalue weighted by Crippen LogP contribution is -2.37. The number of alkyl halides is 2. The molecule has 0 saturated heterocycles. The first-order valence-electron chi connectivity index (χ1n) is 5.00. The zero-order valence-corrected chi connectivity index (χ0v) is 10.4. The average Bonchev–Trinajstić information content (AvgIpc) is 2.22. The summed E-state index contributed by atoms with van der Waals surface area (Å²) in [7, 11) is 0. The van der Waals surface area contributed by atoms with E-state index in [1.54, 1.807) is 6.92 Å². The minimum atomic E-state index is -2.46. The Morgan fingerprint density at radius 2 is 2.06 bits per heavy atom. The van der Waals surface area contributed by atoms with Crippen molar-refractivity contribution in [1.82, 2.24) is 5.32 Å². The van der Waals surface area contributed by atoms with Gasteiger partial charge >= 0.3 is 0 Å². The first kappa shape index (κ1) is 13.5. The van der Waals surface area contributed by atoms with Crippen LogP contribution in [0, 0.1) is 5.82 Å². The minimum Gasteiger partial charge on any atom is -0.309 e. The van der Waals surface area contributed by atoms with Gasteiger partial charge in [0.25, 0.3) is 6.43 Å². The predicted molar refractivity (Wildman–Crippen MR) is 61.3 cm³/mol. The number of halogens is 4. The van der Waals surface area contributed by atoms with Gasteiger partial charge in [0.05, 0.1) is 6.04 Å². The van der Waals surface area contributed by atoms with Crippen molar-refractivity contribution in [2.75, 3.05) is 6.54 Å². The minimum absolute atomic E-state index is 0.101. The molecule has 1 atom stereocenters. The first-order chi connectivity index (χ1) is 7.54. The van der Waals surface area contributed by atoms with Crippen LogP contribution in [0.15, 0.2) is 22.7 Å². The molecule has 90 valence electrons. The van der Waals surface area contributed by atoms with Crippen LogP contribution in [0.1, 0.15) is 12.5 Å². The van der Waals surface area contributed by atoms with E-state index in [1.807, 2.05) is 0 Å². The molecule has 0 aliphatic carbocycles. The maximum absolute atomic E-state index is 13.0. The van der Waals surface area contributed by atoms with Crippen LogP contribution in [-0.2, 0) is 6.42 Å². The smallest absolute Gasteiger partial charge is 0.254 e. The first-order valence-corrected chi connectivity index (χ1v) is 5.79. The van der Waals surface area contributed by atoms with E-state index in [1.165, 1.54) is 18.2 Å². The van der Waals surface area contributed by atoms with E-state index in [0.717, 1.165) is 0 Å². The van der Waals surface area contributed by atoms with Crippen LogP contribution in [0.4, 0.5) is 13.2 Å². The van der Waals surface area contributed by atoms with E-state index in [2.05, 4.69) is 21.2 Å². The molecule has 0 saturated carbocycles. The topological polar surface area (TPSA) is 12.0 Å². The Bertz CT molecular complexity index is 344. The summed E-state index contributed by atoms with van der Waals surface area (Å²) in [5.41, 5.74) is 0.547. The standard InChI is InChI=1S/C11H13BrF3N/c1-2-16-10(11(14)15)6-7-5-8(13)3-4-9(7)12/h3-5,10-11,16H,2,6H2,1H3. The highest BCUT2D eigenvalue weighted by Crippen LogP contribution is 2.20. The summed E-state index contributed by atoms with van der Waals surface area (Å²) < 4.78 is 38.9. The Labute approximate surface area is 101 Å². The van der Waals surface area contributed by atoms with E-state index in [4.69, 9.17) is 0 Å². The van der Waals surface area contributed by atoms with E-state index in [9.17, 15) is 13.2 Å². The molecule has 0 radical (unpaired) electrons. The van der Waals surface area contributed by atoms with Gasteiger partial charge in [0, 0.05) is 4.47 Å². The highest BCUT2D eigenvalue weighted by Gasteiger charge is 2.20. The summed E-state index contributed by atoms with van der Waals surface area (Å²) >= 11 is 3.22. The van der Waals surface area contributed by atoms with Crippen molar-refractivity contribution < 1.29 is 13.2 Å². The lowest BCUT2D eigenvalue weighted by atomic mass is 10.1. The van der Waals surface area contributed by atoms with E-state index >= 15 is 0 Å². The van der Waals surface area contributed by atoms with Gasteiger partial charge in [-0.1, -0.05) is 22.9 Å². The second kappa shape index (κ2) is 6.25. The van der Waals surface area contributed by atoms with Crippen molar-refractivity contribution >= 4 is 15.9 Å². The van der Waals surface area contributed by atoms with Crippen LogP contribution in [0.3, 0.4) is 0 Å². The Kier molecular flexibility index (Phi) is 5.28. The van der Waals surface area contributed by atoms with E-state index < -0.39 is 18.3 Å². The maximum atomic E-state index is 13.0. The van der Waals surface area contributed by atoms with Gasteiger partial charge in [-0.2, -0.15) is 0 Å². The molecule has 1 aromatic carbocycles. The normalized spacial score (nSPS) is 13.1. The largest absolute Gasteiger partial charge is 0.309 e. The van der Waals surface area contributed by atoms with Gasteiger partial charge in [-0.05, 0) is 36.7 Å². The third-order valence-corrected chi connectivity index (χ3v) is 2.99. The summed E-state index contributed by atoms with van der Waals surface area (Å²) in [5.74, 6) is -0.414. The molecule has 0 aliphatic heterocycles. The number of hydrogen-bond donors (Lipinski definition) is 1. The molecule has 1 nitrogen and oxygen atoms in total. The zero-order chi connectivity index (χ0) is 12.1. The lowest BCUT2D eigenvalue weighted by Gasteiger charge is -2.17. The fourth-order valence-corrected chi connectivity index (χ4v) is 1.86. The van der Waals surface area contributed by atoms with E-state index in [-0.39, 0.29) is 6.42 Å². The monoisotopic (exact) mass is 295 g/mol. The van der Waals surface area contributed by atoms with Gasteiger partial charge in [0.1, 0.15) is 5.82 Å². The number of rotatable bonds is 5. The summed E-state index contributed by atoms with van der Waals surface area (Å²) in [6.45, 7) is 2.22. The van der Waals surface area contributed by atoms with Gasteiger partial charge in [-0.25, -0.2) is 13.2 Å². The summed E-state index contributed by atoms with van der Waals surface area (Å²) in [5, 5.41) is 2.68. The molecule has 1 unspecified atom stereocenters. The van der Waals surface area contributed by atoms with Crippen LogP contribution >= 0.6 is 15.9 Å². The molecule has 0 bridgehead atoms. The third-order valence-electron chi connectivity index (χ3n) is 2.22. The average molecular weight is 296 g/mol. The molecular formula is C11H13BrF3N. The maximum Gasteiger partial charge on any atom is 0.254 e. The highest BCUT2D eigenvalue weighted by molar-refractivity contribution is 9.10. The molecule has 1 aromatic rings. The van der Waals surface area contributed by atoms with Crippen LogP contribution in [-0.4, -0.2) is 19.0 Å². The zero-order valence-electron chi connectivity index (χ0n) is 8.81. The fraction of sp³-hybridized carbons (Fsp3) is 0.455. The molecule has 0 aromatic heterocycles. The second-order valence-electron chi connectivity index (χ2n) is 3.44. The van der Waals surface area contributed by atoms with Crippen LogP contribution < -0.4 is 5.32 Å². The van der Waals surface area contributed by atoms with Crippen molar-refractivity contribution in [2.24, 2.45) is 0 Å². The Balaban J connectivity index is 2.80. The Morgan fingerprint density at radius 3 is 2.62 bits per heavy atom. The molecule has 5 heteroatoms. The third kappa shape index (κ3) is 3.79. The van der Waals surface area contributed by atoms with Crippen molar-refractivity contribution in [3.05, 3.63) is 34.1 Å². The highest BCUT2D eigenvalue weighted by atomic mass is 79.9. The van der Waals surface area contributed by atoms with Gasteiger partial charge in [0.2, 0.25) is 0 Å². The number of benzene rings is 1. The molecule has 0 amide bonds. The van der Waals surface area contributed by atoms with Gasteiger partial charge in [-0.15, -0.1) is 0 Å². The molecule has 1 rings (SSSR count). The number of hydrogen-bond acceptors (Lipinski definition) is 1. The SMILES string of the molecule is CCNC(Cc1cc(F)ccc1Br)C(F)F. The summed E-state index contributed by atoms with van der Waals surface area (Å²) in [6.07, 6.45) is -2.36. The Hall–Kier alpha value is -0.550. The lowest BCUT2D eigenvalue weighted by molar-refractivity contribution is 0.0989. The second-order valence-corrected chi connectivity index (χ2v) is 4.29. The predicted octanol–water partition coefficient (Wildman–Crippen LogP) is 3.37. The van der Waals surface area contributed by atoms with Gasteiger partial charge < -0.3 is 5.32 Å². The quantitative estimate of drug-likeness (QED) is 0.878. The fourth-order valence-electron chi connectivity index (χ4n) is 1.45. The van der Waals surface area contributed by atoms with Crippen LogP contribution in [0.5, 0.6) is 0 Å². The molecule has 16 heavy (non-hydrogen) atoms. The molecule has 0 aliphatic rings. The molecule has 0 spiro atoms. The van der Waals surface area contributed by atoms with Crippen LogP contribution in [0.25, 0.3) is 0 Å². The van der Waals surface area contributed by atoms with Gasteiger partial charge in [-0.3, -0.25) is 0 Å². The van der Waals surface area contributed by atoms with E-state index in [0.29, 0.717) is 16.6 Å². The molecule has 0 heterocycles. The Morgan fingerprint density at radius 1 is 1.38 bits per heavy atom. The van der Waals surface area contributed by atoms with Crippen molar-refractivity contribution in [1.29, 1.82) is 0 Å². The molecular weight excluding hydrogens is 283 g/mol. The van der Waals surface area contributed by atoms with Gasteiger partial charge in [0.15, 0.2) is 0 Å². The summed E-state index contributed by atoms with van der Waals surface area (Å²) in [4.78, 5) is 0. The molecule has 1 N–H and O–H groups in total. The van der Waals surface area contributed by atoms with Crippen molar-refractivity contribution in [2.45, 2.75) is 25.8 Å². The van der Waals surface area contributed by atoms with Crippen molar-refractivity contribution in [3.8, 4) is 0 Å². The summed E-state index contributed by atoms with van der Waals surface area (Å²) in [6, 6.07) is 3.15. The van der Waals surface area contributed by atoms with Crippen LogP contribution in [0.2, 0.25) is 0 Å².